The maximum absolute atomic E-state index is 13.6. The predicted molar refractivity (Wildman–Crippen MR) is 66.0 cm³/mol. The van der Waals surface area contributed by atoms with E-state index in [1.54, 1.807) is 6.07 Å². The van der Waals surface area contributed by atoms with Crippen molar-refractivity contribution >= 4 is 11.8 Å². The Bertz CT molecular complexity index is 344. The highest BCUT2D eigenvalue weighted by Crippen LogP contribution is 2.30. The molecule has 16 heavy (non-hydrogen) atoms. The molecule has 0 spiro atoms. The third kappa shape index (κ3) is 3.47. The van der Waals surface area contributed by atoms with E-state index in [2.05, 4.69) is 0 Å². The molecule has 0 radical (unpaired) electrons. The number of aliphatic hydroxyl groups is 1. The van der Waals surface area contributed by atoms with Crippen LogP contribution in [0.15, 0.2) is 23.1 Å². The van der Waals surface area contributed by atoms with E-state index in [-0.39, 0.29) is 24.4 Å². The van der Waals surface area contributed by atoms with Crippen LogP contribution in [0, 0.1) is 11.7 Å². The molecule has 1 aromatic rings. The van der Waals surface area contributed by atoms with E-state index in [0.717, 1.165) is 5.56 Å². The Hall–Kier alpha value is -0.580. The van der Waals surface area contributed by atoms with Gasteiger partial charge in [-0.15, -0.1) is 11.8 Å². The number of hydrogen-bond donors (Lipinski definition) is 2. The summed E-state index contributed by atoms with van der Waals surface area (Å²) in [6.07, 6.45) is 0. The number of nitrogens with two attached hydrogens (primary N) is 1. The maximum atomic E-state index is 13.6. The second-order valence-electron chi connectivity index (χ2n) is 4.05. The molecule has 1 unspecified atom stereocenters. The molecular formula is C12H18FNOS. The lowest BCUT2D eigenvalue weighted by Crippen LogP contribution is -2.09. The molecule has 1 rings (SSSR count). The van der Waals surface area contributed by atoms with E-state index >= 15 is 0 Å². The summed E-state index contributed by atoms with van der Waals surface area (Å²) in [7, 11) is 0. The first-order valence-electron chi connectivity index (χ1n) is 5.34. The first-order chi connectivity index (χ1) is 7.56. The van der Waals surface area contributed by atoms with Crippen molar-refractivity contribution in [3.63, 3.8) is 0 Å². The molecule has 2 nitrogen and oxygen atoms in total. The van der Waals surface area contributed by atoms with Crippen LogP contribution in [0.5, 0.6) is 0 Å². The summed E-state index contributed by atoms with van der Waals surface area (Å²) in [5.74, 6) is 0.618. The van der Waals surface area contributed by atoms with Crippen LogP contribution in [-0.4, -0.2) is 17.5 Å². The van der Waals surface area contributed by atoms with Crippen molar-refractivity contribution in [1.82, 2.24) is 0 Å². The van der Waals surface area contributed by atoms with Gasteiger partial charge in [-0.2, -0.15) is 0 Å². The molecule has 0 saturated carbocycles. The van der Waals surface area contributed by atoms with Crippen molar-refractivity contribution in [1.29, 1.82) is 0 Å². The van der Waals surface area contributed by atoms with Gasteiger partial charge >= 0.3 is 0 Å². The SMILES string of the molecule is CC(CO)CSc1c(F)cccc1[C@H](C)N. The maximum Gasteiger partial charge on any atom is 0.137 e. The van der Waals surface area contributed by atoms with Crippen molar-refractivity contribution in [3.05, 3.63) is 29.6 Å². The van der Waals surface area contributed by atoms with Gasteiger partial charge in [0.1, 0.15) is 5.82 Å². The zero-order valence-electron chi connectivity index (χ0n) is 9.61. The minimum atomic E-state index is -0.232. The highest BCUT2D eigenvalue weighted by Gasteiger charge is 2.13. The fourth-order valence-electron chi connectivity index (χ4n) is 1.31. The van der Waals surface area contributed by atoms with Crippen molar-refractivity contribution in [2.75, 3.05) is 12.4 Å². The fraction of sp³-hybridized carbons (Fsp3) is 0.500. The molecule has 0 saturated heterocycles. The molecule has 0 aliphatic carbocycles. The fourth-order valence-corrected chi connectivity index (χ4v) is 2.50. The van der Waals surface area contributed by atoms with Crippen molar-refractivity contribution < 1.29 is 9.50 Å². The van der Waals surface area contributed by atoms with E-state index in [1.165, 1.54) is 17.8 Å². The summed E-state index contributed by atoms with van der Waals surface area (Å²) < 4.78 is 13.6. The highest BCUT2D eigenvalue weighted by molar-refractivity contribution is 7.99. The molecule has 2 atom stereocenters. The molecule has 1 aromatic carbocycles. The van der Waals surface area contributed by atoms with Gasteiger partial charge in [-0.25, -0.2) is 4.39 Å². The molecule has 3 N–H and O–H groups in total. The monoisotopic (exact) mass is 243 g/mol. The lowest BCUT2D eigenvalue weighted by atomic mass is 10.1. The normalized spacial score (nSPS) is 14.8. The molecule has 4 heteroatoms. The van der Waals surface area contributed by atoms with Gasteiger partial charge in [-0.3, -0.25) is 0 Å². The van der Waals surface area contributed by atoms with E-state index in [9.17, 15) is 4.39 Å². The summed E-state index contributed by atoms with van der Waals surface area (Å²) in [5.41, 5.74) is 6.62. The third-order valence-electron chi connectivity index (χ3n) is 2.31. The van der Waals surface area contributed by atoms with Crippen LogP contribution >= 0.6 is 11.8 Å². The Labute approximate surface area is 100 Å². The van der Waals surface area contributed by atoms with Crippen LogP contribution in [0.2, 0.25) is 0 Å². The number of aliphatic hydroxyl groups excluding tert-OH is 1. The molecule has 0 aliphatic heterocycles. The zero-order valence-corrected chi connectivity index (χ0v) is 10.4. The molecule has 90 valence electrons. The van der Waals surface area contributed by atoms with Gasteiger partial charge in [-0.1, -0.05) is 19.1 Å². The van der Waals surface area contributed by atoms with Gasteiger partial charge < -0.3 is 10.8 Å². The molecule has 0 fully saturated rings. The molecule has 0 amide bonds. The summed E-state index contributed by atoms with van der Waals surface area (Å²) in [6.45, 7) is 3.89. The number of thioether (sulfide) groups is 1. The van der Waals surface area contributed by atoms with Gasteiger partial charge in [0.2, 0.25) is 0 Å². The summed E-state index contributed by atoms with van der Waals surface area (Å²) in [4.78, 5) is 0.609. The lowest BCUT2D eigenvalue weighted by Gasteiger charge is -2.14. The van der Waals surface area contributed by atoms with Crippen LogP contribution < -0.4 is 5.73 Å². The van der Waals surface area contributed by atoms with Gasteiger partial charge in [0.25, 0.3) is 0 Å². The number of rotatable bonds is 5. The Morgan fingerprint density at radius 3 is 2.69 bits per heavy atom. The molecular weight excluding hydrogens is 225 g/mol. The van der Waals surface area contributed by atoms with Gasteiger partial charge in [-0.05, 0) is 24.5 Å². The van der Waals surface area contributed by atoms with Crippen LogP contribution in [0.25, 0.3) is 0 Å². The van der Waals surface area contributed by atoms with Crippen LogP contribution in [0.3, 0.4) is 0 Å². The van der Waals surface area contributed by atoms with E-state index in [0.29, 0.717) is 10.6 Å². The van der Waals surface area contributed by atoms with Gasteiger partial charge in [0, 0.05) is 23.3 Å². The third-order valence-corrected chi connectivity index (χ3v) is 3.77. The second kappa shape index (κ2) is 6.23. The standard InChI is InChI=1S/C12H18FNOS/c1-8(6-15)7-16-12-10(9(2)14)4-3-5-11(12)13/h3-5,8-9,15H,6-7,14H2,1-2H3/t8?,9-/m0/s1. The van der Waals surface area contributed by atoms with Gasteiger partial charge in [0.05, 0.1) is 0 Å². The first-order valence-corrected chi connectivity index (χ1v) is 6.32. The average Bonchev–Trinajstić information content (AvgIpc) is 2.26. The number of benzene rings is 1. The molecule has 0 heterocycles. The van der Waals surface area contributed by atoms with Crippen molar-refractivity contribution in [2.24, 2.45) is 11.7 Å². The smallest absolute Gasteiger partial charge is 0.137 e. The Morgan fingerprint density at radius 2 is 2.12 bits per heavy atom. The molecule has 0 aliphatic rings. The van der Waals surface area contributed by atoms with Crippen LogP contribution in [0.4, 0.5) is 4.39 Å². The minimum Gasteiger partial charge on any atom is -0.396 e. The number of halogens is 1. The summed E-state index contributed by atoms with van der Waals surface area (Å²) in [5, 5.41) is 8.93. The minimum absolute atomic E-state index is 0.120. The van der Waals surface area contributed by atoms with E-state index < -0.39 is 0 Å². The van der Waals surface area contributed by atoms with E-state index in [1.807, 2.05) is 19.9 Å². The average molecular weight is 243 g/mol. The van der Waals surface area contributed by atoms with Crippen LogP contribution in [-0.2, 0) is 0 Å². The molecule has 0 bridgehead atoms. The second-order valence-corrected chi connectivity index (χ2v) is 5.08. The quantitative estimate of drug-likeness (QED) is 0.781. The summed E-state index contributed by atoms with van der Waals surface area (Å²) in [6, 6.07) is 4.79. The molecule has 0 aromatic heterocycles. The van der Waals surface area contributed by atoms with Gasteiger partial charge in [0.15, 0.2) is 0 Å². The van der Waals surface area contributed by atoms with E-state index in [4.69, 9.17) is 10.8 Å². The van der Waals surface area contributed by atoms with Crippen LogP contribution in [0.1, 0.15) is 25.5 Å². The topological polar surface area (TPSA) is 46.2 Å². The Morgan fingerprint density at radius 1 is 1.44 bits per heavy atom. The largest absolute Gasteiger partial charge is 0.396 e. The predicted octanol–water partition coefficient (Wildman–Crippen LogP) is 2.57. The van der Waals surface area contributed by atoms with Crippen molar-refractivity contribution in [3.8, 4) is 0 Å². The Kier molecular flexibility index (Phi) is 5.25. The van der Waals surface area contributed by atoms with Crippen molar-refractivity contribution in [2.45, 2.75) is 24.8 Å². The lowest BCUT2D eigenvalue weighted by molar-refractivity contribution is 0.250. The highest BCUT2D eigenvalue weighted by atomic mass is 32.2. The zero-order chi connectivity index (χ0) is 12.1. The number of hydrogen-bond acceptors (Lipinski definition) is 3. The summed E-state index contributed by atoms with van der Waals surface area (Å²) >= 11 is 1.42. The Balaban J connectivity index is 2.84. The first kappa shape index (κ1) is 13.5.